The number of fused-ring (bicyclic) bond motifs is 1. The quantitative estimate of drug-likeness (QED) is 0.434. The first-order valence-electron chi connectivity index (χ1n) is 7.74. The van der Waals surface area contributed by atoms with Crippen molar-refractivity contribution in [3.05, 3.63) is 54.1 Å². The lowest BCUT2D eigenvalue weighted by atomic mass is 9.87. The predicted molar refractivity (Wildman–Crippen MR) is 101 cm³/mol. The molecule has 4 heteroatoms. The molecule has 0 unspecified atom stereocenters. The molecular weight excluding hydrogens is 322 g/mol. The molecule has 0 fully saturated rings. The van der Waals surface area contributed by atoms with Gasteiger partial charge in [-0.25, -0.2) is 4.98 Å². The van der Waals surface area contributed by atoms with Gasteiger partial charge in [-0.15, -0.1) is 11.3 Å². The Morgan fingerprint density at radius 3 is 2.48 bits per heavy atom. The fraction of sp³-hybridized carbons (Fsp3) is 0.316. The SMILES string of the molecule is CC(C)(C)c1ccc(OCCSc2nc3ccccc3s2)cc1. The second kappa shape index (κ2) is 6.93. The van der Waals surface area contributed by atoms with Gasteiger partial charge < -0.3 is 4.74 Å². The van der Waals surface area contributed by atoms with Crippen molar-refractivity contribution in [1.29, 1.82) is 0 Å². The zero-order chi connectivity index (χ0) is 16.3. The monoisotopic (exact) mass is 343 g/mol. The van der Waals surface area contributed by atoms with Crippen molar-refractivity contribution in [3.63, 3.8) is 0 Å². The standard InChI is InChI=1S/C19H21NOS2/c1-19(2,3)14-8-10-15(11-9-14)21-12-13-22-18-20-16-6-4-5-7-17(16)23-18/h4-11H,12-13H2,1-3H3. The van der Waals surface area contributed by atoms with Crippen molar-refractivity contribution in [2.24, 2.45) is 0 Å². The van der Waals surface area contributed by atoms with E-state index in [9.17, 15) is 0 Å². The largest absolute Gasteiger partial charge is 0.493 e. The van der Waals surface area contributed by atoms with Gasteiger partial charge in [0.1, 0.15) is 5.75 Å². The van der Waals surface area contributed by atoms with Gasteiger partial charge in [0, 0.05) is 5.75 Å². The Labute approximate surface area is 145 Å². The van der Waals surface area contributed by atoms with Gasteiger partial charge in [-0.05, 0) is 35.2 Å². The lowest BCUT2D eigenvalue weighted by Crippen LogP contribution is -2.10. The first kappa shape index (κ1) is 16.3. The third-order valence-electron chi connectivity index (χ3n) is 3.57. The van der Waals surface area contributed by atoms with E-state index >= 15 is 0 Å². The number of thiazole rings is 1. The van der Waals surface area contributed by atoms with Crippen LogP contribution in [-0.2, 0) is 5.41 Å². The molecule has 0 aliphatic heterocycles. The van der Waals surface area contributed by atoms with E-state index in [2.05, 4.69) is 68.2 Å². The van der Waals surface area contributed by atoms with E-state index in [4.69, 9.17) is 4.74 Å². The van der Waals surface area contributed by atoms with Crippen LogP contribution in [0.5, 0.6) is 5.75 Å². The van der Waals surface area contributed by atoms with E-state index in [-0.39, 0.29) is 5.41 Å². The Morgan fingerprint density at radius 1 is 1.04 bits per heavy atom. The summed E-state index contributed by atoms with van der Waals surface area (Å²) in [6, 6.07) is 16.7. The van der Waals surface area contributed by atoms with Crippen molar-refractivity contribution in [2.75, 3.05) is 12.4 Å². The molecule has 3 rings (SSSR count). The Balaban J connectivity index is 1.49. The number of para-hydroxylation sites is 1. The maximum absolute atomic E-state index is 5.83. The molecule has 120 valence electrons. The fourth-order valence-corrected chi connectivity index (χ4v) is 4.21. The summed E-state index contributed by atoms with van der Waals surface area (Å²) in [6.07, 6.45) is 0. The summed E-state index contributed by atoms with van der Waals surface area (Å²) in [5, 5.41) is 0. The molecule has 0 atom stereocenters. The predicted octanol–water partition coefficient (Wildman–Crippen LogP) is 5.76. The average molecular weight is 344 g/mol. The molecule has 0 aliphatic carbocycles. The van der Waals surface area contributed by atoms with E-state index in [0.717, 1.165) is 21.4 Å². The van der Waals surface area contributed by atoms with Crippen LogP contribution in [0, 0.1) is 0 Å². The van der Waals surface area contributed by atoms with Gasteiger partial charge in [0.05, 0.1) is 16.8 Å². The van der Waals surface area contributed by atoms with Crippen LogP contribution in [0.2, 0.25) is 0 Å². The van der Waals surface area contributed by atoms with E-state index < -0.39 is 0 Å². The third kappa shape index (κ3) is 4.27. The highest BCUT2D eigenvalue weighted by Crippen LogP contribution is 2.29. The molecule has 0 saturated heterocycles. The fourth-order valence-electron chi connectivity index (χ4n) is 2.25. The first-order chi connectivity index (χ1) is 11.0. The second-order valence-corrected chi connectivity index (χ2v) is 8.79. The second-order valence-electron chi connectivity index (χ2n) is 6.42. The summed E-state index contributed by atoms with van der Waals surface area (Å²) in [5.74, 6) is 1.84. The Morgan fingerprint density at radius 2 is 1.78 bits per heavy atom. The number of benzene rings is 2. The van der Waals surface area contributed by atoms with Gasteiger partial charge in [-0.3, -0.25) is 0 Å². The maximum Gasteiger partial charge on any atom is 0.151 e. The maximum atomic E-state index is 5.83. The number of hydrogen-bond acceptors (Lipinski definition) is 4. The van der Waals surface area contributed by atoms with Crippen molar-refractivity contribution in [1.82, 2.24) is 4.98 Å². The molecule has 0 saturated carbocycles. The Hall–Kier alpha value is -1.52. The molecule has 1 aromatic heterocycles. The van der Waals surface area contributed by atoms with Crippen LogP contribution in [0.25, 0.3) is 10.2 Å². The Bertz CT molecular complexity index is 739. The number of thioether (sulfide) groups is 1. The Kier molecular flexibility index (Phi) is 4.93. The molecule has 0 N–H and O–H groups in total. The average Bonchev–Trinajstić information content (AvgIpc) is 2.94. The third-order valence-corrected chi connectivity index (χ3v) is 5.72. The van der Waals surface area contributed by atoms with Crippen molar-refractivity contribution in [2.45, 2.75) is 30.5 Å². The number of rotatable bonds is 5. The van der Waals surface area contributed by atoms with Crippen LogP contribution in [0.1, 0.15) is 26.3 Å². The van der Waals surface area contributed by atoms with Gasteiger partial charge in [-0.1, -0.05) is 56.8 Å². The summed E-state index contributed by atoms with van der Waals surface area (Å²) in [6.45, 7) is 7.35. The van der Waals surface area contributed by atoms with Crippen molar-refractivity contribution in [3.8, 4) is 5.75 Å². The van der Waals surface area contributed by atoms with Crippen LogP contribution >= 0.6 is 23.1 Å². The smallest absolute Gasteiger partial charge is 0.151 e. The highest BCUT2D eigenvalue weighted by Gasteiger charge is 2.12. The van der Waals surface area contributed by atoms with Crippen LogP contribution in [0.3, 0.4) is 0 Å². The molecule has 0 radical (unpaired) electrons. The minimum absolute atomic E-state index is 0.182. The molecular formula is C19H21NOS2. The lowest BCUT2D eigenvalue weighted by Gasteiger charge is -2.19. The van der Waals surface area contributed by atoms with Gasteiger partial charge >= 0.3 is 0 Å². The summed E-state index contributed by atoms with van der Waals surface area (Å²) in [7, 11) is 0. The van der Waals surface area contributed by atoms with Gasteiger partial charge in [0.2, 0.25) is 0 Å². The van der Waals surface area contributed by atoms with Crippen LogP contribution in [0.4, 0.5) is 0 Å². The molecule has 0 spiro atoms. The molecule has 23 heavy (non-hydrogen) atoms. The van der Waals surface area contributed by atoms with Crippen molar-refractivity contribution < 1.29 is 4.74 Å². The van der Waals surface area contributed by atoms with Crippen LogP contribution < -0.4 is 4.74 Å². The number of hydrogen-bond donors (Lipinski definition) is 0. The zero-order valence-corrected chi connectivity index (χ0v) is 15.3. The lowest BCUT2D eigenvalue weighted by molar-refractivity contribution is 0.343. The normalized spacial score (nSPS) is 11.8. The van der Waals surface area contributed by atoms with E-state index in [1.807, 2.05) is 6.07 Å². The number of nitrogens with zero attached hydrogens (tertiary/aromatic N) is 1. The van der Waals surface area contributed by atoms with Gasteiger partial charge in [0.15, 0.2) is 4.34 Å². The number of aromatic nitrogens is 1. The first-order valence-corrected chi connectivity index (χ1v) is 9.54. The van der Waals surface area contributed by atoms with Gasteiger partial charge in [-0.2, -0.15) is 0 Å². The highest BCUT2D eigenvalue weighted by atomic mass is 32.2. The minimum Gasteiger partial charge on any atom is -0.493 e. The van der Waals surface area contributed by atoms with Crippen LogP contribution in [0.15, 0.2) is 52.9 Å². The molecule has 1 heterocycles. The van der Waals surface area contributed by atoms with Crippen LogP contribution in [-0.4, -0.2) is 17.3 Å². The highest BCUT2D eigenvalue weighted by molar-refractivity contribution is 8.01. The van der Waals surface area contributed by atoms with E-state index in [1.165, 1.54) is 10.3 Å². The van der Waals surface area contributed by atoms with Gasteiger partial charge in [0.25, 0.3) is 0 Å². The van der Waals surface area contributed by atoms with Crippen molar-refractivity contribution >= 4 is 33.3 Å². The summed E-state index contributed by atoms with van der Waals surface area (Å²) >= 11 is 3.50. The molecule has 0 aliphatic rings. The molecule has 2 nitrogen and oxygen atoms in total. The van der Waals surface area contributed by atoms with E-state index in [0.29, 0.717) is 6.61 Å². The molecule has 0 bridgehead atoms. The summed E-state index contributed by atoms with van der Waals surface area (Å²) in [4.78, 5) is 4.62. The minimum atomic E-state index is 0.182. The zero-order valence-electron chi connectivity index (χ0n) is 13.7. The topological polar surface area (TPSA) is 22.1 Å². The molecule has 0 amide bonds. The number of ether oxygens (including phenoxy) is 1. The molecule has 2 aromatic carbocycles. The molecule has 3 aromatic rings. The summed E-state index contributed by atoms with van der Waals surface area (Å²) in [5.41, 5.74) is 2.59. The van der Waals surface area contributed by atoms with E-state index in [1.54, 1.807) is 23.1 Å². The summed E-state index contributed by atoms with van der Waals surface area (Å²) < 4.78 is 8.18.